The fourth-order valence-corrected chi connectivity index (χ4v) is 3.74. The van der Waals surface area contributed by atoms with Gasteiger partial charge < -0.3 is 10.3 Å². The first-order valence-corrected chi connectivity index (χ1v) is 7.52. The molecule has 2 aromatic rings. The van der Waals surface area contributed by atoms with Gasteiger partial charge in [0.05, 0.1) is 6.33 Å². The summed E-state index contributed by atoms with van der Waals surface area (Å²) < 4.78 is 28.0. The fraction of sp³-hybridized carbons (Fsp3) is 0.300. The summed E-state index contributed by atoms with van der Waals surface area (Å²) in [7, 11) is -2.04. The van der Waals surface area contributed by atoms with Crippen LogP contribution in [0.1, 0.15) is 9.75 Å². The number of hydrogen-bond acceptors (Lipinski definition) is 5. The van der Waals surface area contributed by atoms with Gasteiger partial charge in [0.1, 0.15) is 0 Å². The number of anilines is 1. The maximum atomic E-state index is 12.1. The Labute approximate surface area is 110 Å². The normalized spacial score (nSPS) is 11.9. The maximum Gasteiger partial charge on any atom is 0.260 e. The second kappa shape index (κ2) is 4.71. The molecule has 0 fully saturated rings. The molecule has 3 N–H and O–H groups in total. The van der Waals surface area contributed by atoms with Gasteiger partial charge in [-0.05, 0) is 19.1 Å². The molecule has 18 heavy (non-hydrogen) atoms. The van der Waals surface area contributed by atoms with Gasteiger partial charge in [-0.3, -0.25) is 0 Å². The zero-order valence-electron chi connectivity index (χ0n) is 10.0. The molecule has 2 aromatic heterocycles. The van der Waals surface area contributed by atoms with Crippen LogP contribution in [-0.4, -0.2) is 18.0 Å². The van der Waals surface area contributed by atoms with Crippen LogP contribution in [0.3, 0.4) is 0 Å². The number of rotatable bonds is 4. The SMILES string of the molecule is Cc1ccc(CNS(=O)(=O)c2c(N)ncn2C)s1. The average Bonchev–Trinajstić information content (AvgIpc) is 2.83. The van der Waals surface area contributed by atoms with Crippen molar-refractivity contribution in [1.82, 2.24) is 14.3 Å². The number of nitrogens with one attached hydrogen (secondary N) is 1. The minimum Gasteiger partial charge on any atom is -0.381 e. The Balaban J connectivity index is 2.18. The Kier molecular flexibility index (Phi) is 3.42. The number of hydrogen-bond donors (Lipinski definition) is 2. The van der Waals surface area contributed by atoms with Gasteiger partial charge >= 0.3 is 0 Å². The second-order valence-corrected chi connectivity index (χ2v) is 6.94. The van der Waals surface area contributed by atoms with Gasteiger partial charge in [-0.2, -0.15) is 0 Å². The molecule has 0 saturated carbocycles. The third kappa shape index (κ3) is 2.55. The lowest BCUT2D eigenvalue weighted by Crippen LogP contribution is -2.25. The highest BCUT2D eigenvalue weighted by Crippen LogP contribution is 2.18. The van der Waals surface area contributed by atoms with Crippen LogP contribution < -0.4 is 10.5 Å². The molecule has 0 amide bonds. The summed E-state index contributed by atoms with van der Waals surface area (Å²) in [6.45, 7) is 2.23. The Morgan fingerprint density at radius 3 is 2.72 bits per heavy atom. The van der Waals surface area contributed by atoms with Gasteiger partial charge in [0.25, 0.3) is 10.0 Å². The van der Waals surface area contributed by atoms with Crippen molar-refractivity contribution in [2.75, 3.05) is 5.73 Å². The molecule has 0 aromatic carbocycles. The predicted molar refractivity (Wildman–Crippen MR) is 70.7 cm³/mol. The van der Waals surface area contributed by atoms with Crippen molar-refractivity contribution in [3.63, 3.8) is 0 Å². The quantitative estimate of drug-likeness (QED) is 0.872. The summed E-state index contributed by atoms with van der Waals surface area (Å²) in [4.78, 5) is 5.86. The van der Waals surface area contributed by atoms with E-state index in [0.29, 0.717) is 0 Å². The van der Waals surface area contributed by atoms with Gasteiger partial charge in [-0.1, -0.05) is 0 Å². The van der Waals surface area contributed by atoms with E-state index in [1.54, 1.807) is 18.4 Å². The monoisotopic (exact) mass is 286 g/mol. The summed E-state index contributed by atoms with van der Waals surface area (Å²) in [5.74, 6) is 0.00681. The molecule has 6 nitrogen and oxygen atoms in total. The van der Waals surface area contributed by atoms with Crippen molar-refractivity contribution >= 4 is 27.2 Å². The standard InChI is InChI=1S/C10H14N4O2S2/c1-7-3-4-8(17-7)5-13-18(15,16)10-9(11)12-6-14(10)2/h3-4,6,13H,5,11H2,1-2H3. The highest BCUT2D eigenvalue weighted by Gasteiger charge is 2.22. The second-order valence-electron chi connectivity index (χ2n) is 3.88. The molecule has 0 unspecified atom stereocenters. The number of aromatic nitrogens is 2. The van der Waals surface area contributed by atoms with Crippen molar-refractivity contribution in [3.8, 4) is 0 Å². The minimum atomic E-state index is -3.64. The Morgan fingerprint density at radius 1 is 1.50 bits per heavy atom. The lowest BCUT2D eigenvalue weighted by atomic mass is 10.4. The van der Waals surface area contributed by atoms with Gasteiger partial charge in [0, 0.05) is 23.3 Å². The van der Waals surface area contributed by atoms with Crippen LogP contribution in [0, 0.1) is 6.92 Å². The van der Waals surface area contributed by atoms with Crippen LogP contribution in [0.5, 0.6) is 0 Å². The first kappa shape index (κ1) is 13.1. The number of thiophene rings is 1. The third-order valence-corrected chi connectivity index (χ3v) is 4.93. The van der Waals surface area contributed by atoms with E-state index in [0.717, 1.165) is 9.75 Å². The summed E-state index contributed by atoms with van der Waals surface area (Å²) in [6.07, 6.45) is 1.37. The Hall–Kier alpha value is -1.38. The number of nitrogens with zero attached hydrogens (tertiary/aromatic N) is 2. The Bertz CT molecular complexity index is 638. The van der Waals surface area contributed by atoms with Crippen LogP contribution in [-0.2, 0) is 23.6 Å². The van der Waals surface area contributed by atoms with Crippen LogP contribution in [0.15, 0.2) is 23.5 Å². The van der Waals surface area contributed by atoms with E-state index in [1.165, 1.54) is 10.9 Å². The average molecular weight is 286 g/mol. The lowest BCUT2D eigenvalue weighted by molar-refractivity contribution is 0.572. The molecule has 0 aliphatic rings. The van der Waals surface area contributed by atoms with E-state index in [1.807, 2.05) is 19.1 Å². The van der Waals surface area contributed by atoms with Gasteiger partial charge in [-0.25, -0.2) is 18.1 Å². The van der Waals surface area contributed by atoms with Crippen LogP contribution in [0.2, 0.25) is 0 Å². The van der Waals surface area contributed by atoms with Crippen molar-refractivity contribution in [1.29, 1.82) is 0 Å². The highest BCUT2D eigenvalue weighted by molar-refractivity contribution is 7.89. The Morgan fingerprint density at radius 2 is 2.22 bits per heavy atom. The largest absolute Gasteiger partial charge is 0.381 e. The summed E-state index contributed by atoms with van der Waals surface area (Å²) >= 11 is 1.55. The van der Waals surface area contributed by atoms with Crippen LogP contribution in [0.25, 0.3) is 0 Å². The van der Waals surface area contributed by atoms with Crippen molar-refractivity contribution in [3.05, 3.63) is 28.2 Å². The van der Waals surface area contributed by atoms with Crippen LogP contribution in [0.4, 0.5) is 5.82 Å². The topological polar surface area (TPSA) is 90.0 Å². The van der Waals surface area contributed by atoms with Gasteiger partial charge in [-0.15, -0.1) is 11.3 Å². The van der Waals surface area contributed by atoms with Crippen molar-refractivity contribution < 1.29 is 8.42 Å². The zero-order valence-corrected chi connectivity index (χ0v) is 11.7. The van der Waals surface area contributed by atoms with E-state index >= 15 is 0 Å². The third-order valence-electron chi connectivity index (χ3n) is 2.40. The van der Waals surface area contributed by atoms with E-state index in [2.05, 4.69) is 9.71 Å². The molecule has 2 rings (SSSR count). The maximum absolute atomic E-state index is 12.1. The van der Waals surface area contributed by atoms with Gasteiger partial charge in [0.2, 0.25) is 0 Å². The van der Waals surface area contributed by atoms with E-state index < -0.39 is 10.0 Å². The molecule has 0 radical (unpaired) electrons. The molecule has 0 bridgehead atoms. The molecule has 0 saturated heterocycles. The summed E-state index contributed by atoms with van der Waals surface area (Å²) in [5.41, 5.74) is 5.55. The number of imidazole rings is 1. The first-order chi connectivity index (χ1) is 8.40. The molecule has 0 atom stereocenters. The molecule has 98 valence electrons. The molecular formula is C10H14N4O2S2. The summed E-state index contributed by atoms with van der Waals surface area (Å²) in [6, 6.07) is 3.85. The number of nitrogens with two attached hydrogens (primary N) is 1. The van der Waals surface area contributed by atoms with E-state index in [9.17, 15) is 8.42 Å². The highest BCUT2D eigenvalue weighted by atomic mass is 32.2. The molecule has 8 heteroatoms. The minimum absolute atomic E-state index is 0.00391. The predicted octanol–water partition coefficient (Wildman–Crippen LogP) is 0.851. The molecule has 0 aliphatic heterocycles. The molecular weight excluding hydrogens is 272 g/mol. The molecule has 0 spiro atoms. The lowest BCUT2D eigenvalue weighted by Gasteiger charge is -2.06. The number of nitrogen functional groups attached to an aromatic ring is 1. The van der Waals surface area contributed by atoms with Crippen LogP contribution >= 0.6 is 11.3 Å². The number of aryl methyl sites for hydroxylation is 2. The zero-order chi connectivity index (χ0) is 13.3. The molecule has 0 aliphatic carbocycles. The van der Waals surface area contributed by atoms with Crippen molar-refractivity contribution in [2.45, 2.75) is 18.5 Å². The molecule has 2 heterocycles. The van der Waals surface area contributed by atoms with E-state index in [4.69, 9.17) is 5.73 Å². The number of sulfonamides is 1. The van der Waals surface area contributed by atoms with Gasteiger partial charge in [0.15, 0.2) is 10.8 Å². The smallest absolute Gasteiger partial charge is 0.260 e. The van der Waals surface area contributed by atoms with E-state index in [-0.39, 0.29) is 17.4 Å². The van der Waals surface area contributed by atoms with Crippen molar-refractivity contribution in [2.24, 2.45) is 7.05 Å². The summed E-state index contributed by atoms with van der Waals surface area (Å²) in [5, 5.41) is -0.00391. The fourth-order valence-electron chi connectivity index (χ4n) is 1.58. The first-order valence-electron chi connectivity index (χ1n) is 5.22.